The molecule has 174 valence electrons. The Morgan fingerprint density at radius 1 is 1.09 bits per heavy atom. The first-order chi connectivity index (χ1) is 17.1. The van der Waals surface area contributed by atoms with Crippen LogP contribution in [0.25, 0.3) is 34.0 Å². The van der Waals surface area contributed by atoms with E-state index in [1.54, 1.807) is 31.6 Å². The molecule has 10 nitrogen and oxygen atoms in total. The molecule has 6 aromatic rings. The van der Waals surface area contributed by atoms with Crippen LogP contribution in [-0.2, 0) is 5.75 Å². The van der Waals surface area contributed by atoms with Crippen LogP contribution in [0.4, 0.5) is 0 Å². The third-order valence-corrected chi connectivity index (χ3v) is 6.42. The second kappa shape index (κ2) is 8.44. The first-order valence-corrected chi connectivity index (χ1v) is 11.7. The van der Waals surface area contributed by atoms with Gasteiger partial charge in [0.1, 0.15) is 5.75 Å². The molecule has 4 heterocycles. The van der Waals surface area contributed by atoms with Gasteiger partial charge in [-0.2, -0.15) is 4.98 Å². The Morgan fingerprint density at radius 2 is 1.97 bits per heavy atom. The van der Waals surface area contributed by atoms with Crippen molar-refractivity contribution in [3.05, 3.63) is 82.7 Å². The fraction of sp³-hybridized carbons (Fsp3) is 0.125. The number of ether oxygens (including phenoxy) is 1. The van der Waals surface area contributed by atoms with E-state index >= 15 is 0 Å². The molecule has 0 N–H and O–H groups in total. The van der Waals surface area contributed by atoms with Gasteiger partial charge in [0.2, 0.25) is 17.5 Å². The largest absolute Gasteiger partial charge is 0.495 e. The van der Waals surface area contributed by atoms with E-state index < -0.39 is 0 Å². The quantitative estimate of drug-likeness (QED) is 0.318. The first kappa shape index (κ1) is 21.2. The molecule has 0 aliphatic rings. The fourth-order valence-electron chi connectivity index (χ4n) is 3.91. The maximum Gasteiger partial charge on any atom is 0.267 e. The summed E-state index contributed by atoms with van der Waals surface area (Å²) in [6.45, 7) is 1.96. The number of aromatic nitrogens is 6. The molecule has 2 aromatic carbocycles. The molecule has 0 fully saturated rings. The van der Waals surface area contributed by atoms with Gasteiger partial charge in [-0.05, 0) is 48.9 Å². The van der Waals surface area contributed by atoms with Gasteiger partial charge in [-0.25, -0.2) is 4.57 Å². The minimum atomic E-state index is -0.207. The van der Waals surface area contributed by atoms with Crippen molar-refractivity contribution < 1.29 is 13.7 Å². The molecule has 0 radical (unpaired) electrons. The Labute approximate surface area is 202 Å². The first-order valence-electron chi connectivity index (χ1n) is 10.7. The lowest BCUT2D eigenvalue weighted by molar-refractivity contribution is 0.390. The molecule has 0 atom stereocenters. The summed E-state index contributed by atoms with van der Waals surface area (Å²) in [4.78, 5) is 18.0. The number of hydrogen-bond donors (Lipinski definition) is 0. The molecule has 0 saturated heterocycles. The molecule has 0 saturated carbocycles. The average Bonchev–Trinajstić information content (AvgIpc) is 3.64. The van der Waals surface area contributed by atoms with Crippen molar-refractivity contribution in [1.29, 1.82) is 0 Å². The number of furan rings is 1. The van der Waals surface area contributed by atoms with Crippen LogP contribution in [0.15, 0.2) is 79.8 Å². The number of fused-ring (bicyclic) bond motifs is 3. The van der Waals surface area contributed by atoms with Gasteiger partial charge >= 0.3 is 0 Å². The summed E-state index contributed by atoms with van der Waals surface area (Å²) in [5, 5.41) is 13.9. The van der Waals surface area contributed by atoms with Gasteiger partial charge in [-0.1, -0.05) is 35.1 Å². The second-order valence-corrected chi connectivity index (χ2v) is 8.67. The third-order valence-electron chi connectivity index (χ3n) is 5.50. The van der Waals surface area contributed by atoms with Crippen molar-refractivity contribution in [3.63, 3.8) is 0 Å². The van der Waals surface area contributed by atoms with Crippen molar-refractivity contribution in [1.82, 2.24) is 29.3 Å². The number of hydrogen-bond acceptors (Lipinski definition) is 9. The van der Waals surface area contributed by atoms with Crippen LogP contribution in [0.2, 0.25) is 0 Å². The smallest absolute Gasteiger partial charge is 0.267 e. The zero-order valence-corrected chi connectivity index (χ0v) is 19.5. The standard InChI is InChI=1S/C24H18N6O4S/c1-14-9-10-18(32-2)17(12-14)29-22(31)15-6-3-4-7-16(15)30-23(29)26-27-24(30)35-13-20-25-21(28-34-20)19-8-5-11-33-19/h3-12H,13H2,1-2H3. The van der Waals surface area contributed by atoms with E-state index in [2.05, 4.69) is 20.3 Å². The van der Waals surface area contributed by atoms with Crippen LogP contribution in [0.5, 0.6) is 5.75 Å². The summed E-state index contributed by atoms with van der Waals surface area (Å²) in [5.41, 5.74) is 2.07. The van der Waals surface area contributed by atoms with Crippen LogP contribution in [0, 0.1) is 6.92 Å². The molecule has 0 aliphatic heterocycles. The minimum absolute atomic E-state index is 0.207. The van der Waals surface area contributed by atoms with E-state index in [1.165, 1.54) is 16.3 Å². The van der Waals surface area contributed by atoms with Gasteiger partial charge < -0.3 is 13.7 Å². The topological polar surface area (TPSA) is 113 Å². The molecule has 35 heavy (non-hydrogen) atoms. The predicted molar refractivity (Wildman–Crippen MR) is 129 cm³/mol. The zero-order valence-electron chi connectivity index (χ0n) is 18.7. The van der Waals surface area contributed by atoms with Gasteiger partial charge in [0.05, 0.1) is 35.7 Å². The number of benzene rings is 2. The van der Waals surface area contributed by atoms with E-state index in [-0.39, 0.29) is 5.56 Å². The highest BCUT2D eigenvalue weighted by molar-refractivity contribution is 7.98. The van der Waals surface area contributed by atoms with Crippen LogP contribution >= 0.6 is 11.8 Å². The molecule has 0 unspecified atom stereocenters. The van der Waals surface area contributed by atoms with Gasteiger partial charge in [0.15, 0.2) is 10.9 Å². The van der Waals surface area contributed by atoms with Crippen molar-refractivity contribution >= 4 is 28.4 Å². The third kappa shape index (κ3) is 3.56. The van der Waals surface area contributed by atoms with Crippen molar-refractivity contribution in [2.24, 2.45) is 0 Å². The summed E-state index contributed by atoms with van der Waals surface area (Å²) >= 11 is 1.37. The summed E-state index contributed by atoms with van der Waals surface area (Å²) in [6.07, 6.45) is 1.55. The highest BCUT2D eigenvalue weighted by atomic mass is 32.2. The summed E-state index contributed by atoms with van der Waals surface area (Å²) < 4.78 is 19.6. The summed E-state index contributed by atoms with van der Waals surface area (Å²) in [6, 6.07) is 16.5. The molecule has 0 spiro atoms. The Balaban J connectivity index is 1.48. The van der Waals surface area contributed by atoms with Gasteiger partial charge in [0.25, 0.3) is 5.56 Å². The number of methoxy groups -OCH3 is 1. The monoisotopic (exact) mass is 486 g/mol. The number of rotatable bonds is 6. The van der Waals surface area contributed by atoms with E-state index in [1.807, 2.05) is 47.7 Å². The zero-order chi connectivity index (χ0) is 23.9. The lowest BCUT2D eigenvalue weighted by atomic mass is 10.2. The fourth-order valence-corrected chi connectivity index (χ4v) is 4.69. The van der Waals surface area contributed by atoms with Crippen molar-refractivity contribution in [2.75, 3.05) is 7.11 Å². The van der Waals surface area contributed by atoms with E-state index in [4.69, 9.17) is 13.7 Å². The number of aryl methyl sites for hydroxylation is 1. The Kier molecular flexibility index (Phi) is 5.10. The molecular formula is C24H18N6O4S. The van der Waals surface area contributed by atoms with E-state index in [0.29, 0.717) is 56.5 Å². The molecule has 0 bridgehead atoms. The molecular weight excluding hydrogens is 468 g/mol. The molecule has 6 rings (SSSR count). The van der Waals surface area contributed by atoms with Crippen molar-refractivity contribution in [2.45, 2.75) is 17.8 Å². The van der Waals surface area contributed by atoms with Crippen LogP contribution in [-0.4, -0.2) is 36.4 Å². The maximum absolute atomic E-state index is 13.6. The highest BCUT2D eigenvalue weighted by Crippen LogP contribution is 2.29. The summed E-state index contributed by atoms with van der Waals surface area (Å²) in [7, 11) is 1.57. The predicted octanol–water partition coefficient (Wildman–Crippen LogP) is 4.29. The highest BCUT2D eigenvalue weighted by Gasteiger charge is 2.21. The van der Waals surface area contributed by atoms with Gasteiger partial charge in [-0.3, -0.25) is 9.20 Å². The normalized spacial score (nSPS) is 11.5. The molecule has 4 aromatic heterocycles. The maximum atomic E-state index is 13.6. The van der Waals surface area contributed by atoms with Crippen LogP contribution < -0.4 is 10.3 Å². The summed E-state index contributed by atoms with van der Waals surface area (Å²) in [5.74, 6) is 2.61. The Morgan fingerprint density at radius 3 is 2.80 bits per heavy atom. The van der Waals surface area contributed by atoms with Gasteiger partial charge in [-0.15, -0.1) is 10.2 Å². The molecule has 11 heteroatoms. The van der Waals surface area contributed by atoms with Gasteiger partial charge in [0, 0.05) is 0 Å². The molecule has 0 aliphatic carbocycles. The van der Waals surface area contributed by atoms with E-state index in [9.17, 15) is 4.79 Å². The number of thioether (sulfide) groups is 1. The molecule has 0 amide bonds. The average molecular weight is 487 g/mol. The van der Waals surface area contributed by atoms with Crippen molar-refractivity contribution in [3.8, 4) is 23.0 Å². The SMILES string of the molecule is COc1ccc(C)cc1-n1c(=O)c2ccccc2n2c(SCc3nc(-c4ccco4)no3)nnc12. The lowest BCUT2D eigenvalue weighted by Gasteiger charge is -2.14. The van der Waals surface area contributed by atoms with Crippen LogP contribution in [0.1, 0.15) is 11.5 Å². The minimum Gasteiger partial charge on any atom is -0.495 e. The van der Waals surface area contributed by atoms with Crippen LogP contribution in [0.3, 0.4) is 0 Å². The Hall–Kier alpha value is -4.38. The number of nitrogens with zero attached hydrogens (tertiary/aromatic N) is 6. The lowest BCUT2D eigenvalue weighted by Crippen LogP contribution is -2.22. The second-order valence-electron chi connectivity index (χ2n) is 7.73. The number of para-hydroxylation sites is 1. The van der Waals surface area contributed by atoms with E-state index in [0.717, 1.165) is 5.56 Å². The Bertz CT molecular complexity index is 1730.